The zero-order valence-corrected chi connectivity index (χ0v) is 18.8. The van der Waals surface area contributed by atoms with Gasteiger partial charge in [0.2, 0.25) is 5.91 Å². The van der Waals surface area contributed by atoms with E-state index in [-0.39, 0.29) is 53.8 Å². The molecule has 2 aromatic carbocycles. The van der Waals surface area contributed by atoms with E-state index in [1.54, 1.807) is 25.1 Å². The molecular weight excluding hydrogens is 448 g/mol. The van der Waals surface area contributed by atoms with Crippen LogP contribution in [0.5, 0.6) is 5.75 Å². The highest BCUT2D eigenvalue weighted by molar-refractivity contribution is 6.05. The molecule has 1 saturated heterocycles. The number of benzene rings is 2. The van der Waals surface area contributed by atoms with E-state index in [1.807, 2.05) is 0 Å². The van der Waals surface area contributed by atoms with Crippen molar-refractivity contribution in [1.29, 1.82) is 0 Å². The van der Waals surface area contributed by atoms with Gasteiger partial charge in [-0.1, -0.05) is 0 Å². The van der Waals surface area contributed by atoms with Crippen molar-refractivity contribution in [1.82, 2.24) is 10.2 Å². The number of halogens is 2. The Morgan fingerprint density at radius 2 is 1.85 bits per heavy atom. The smallest absolute Gasteiger partial charge is 0.257 e. The topological polar surface area (TPSA) is 97.0 Å². The zero-order valence-electron chi connectivity index (χ0n) is 18.8. The minimum atomic E-state index is -0.865. The fourth-order valence-corrected chi connectivity index (χ4v) is 4.30. The highest BCUT2D eigenvalue weighted by Gasteiger charge is 2.39. The third-order valence-corrected chi connectivity index (χ3v) is 6.09. The van der Waals surface area contributed by atoms with Crippen LogP contribution in [0.1, 0.15) is 40.0 Å². The molecule has 2 N–H and O–H groups in total. The number of fused-ring (bicyclic) bond motifs is 2. The number of anilines is 1. The summed E-state index contributed by atoms with van der Waals surface area (Å²) in [6.07, 6.45) is 0.866. The molecule has 0 radical (unpaired) electrons. The first-order valence-corrected chi connectivity index (χ1v) is 10.9. The van der Waals surface area contributed by atoms with Crippen LogP contribution in [0.2, 0.25) is 0 Å². The average molecular weight is 473 g/mol. The van der Waals surface area contributed by atoms with Crippen molar-refractivity contribution in [2.45, 2.75) is 37.5 Å². The Morgan fingerprint density at radius 1 is 1.12 bits per heavy atom. The first kappa shape index (κ1) is 23.6. The summed E-state index contributed by atoms with van der Waals surface area (Å²) in [7, 11) is 3.25. The van der Waals surface area contributed by atoms with Gasteiger partial charge in [0, 0.05) is 31.4 Å². The first-order chi connectivity index (χ1) is 16.2. The summed E-state index contributed by atoms with van der Waals surface area (Å²) in [5.41, 5.74) is 0.343. The lowest BCUT2D eigenvalue weighted by Gasteiger charge is -2.42. The van der Waals surface area contributed by atoms with Crippen LogP contribution in [-0.4, -0.2) is 61.6 Å². The average Bonchev–Trinajstić information content (AvgIpc) is 2.81. The van der Waals surface area contributed by atoms with E-state index in [0.29, 0.717) is 24.7 Å². The Morgan fingerprint density at radius 3 is 2.56 bits per heavy atom. The van der Waals surface area contributed by atoms with E-state index in [1.165, 1.54) is 12.1 Å². The SMILES string of the molecule is CNC(=O)C[C@H]1CC[C@H]2[C@H](COc3ccc(NC(=O)c4cc(F)cc(F)c4)cc3C(=O)N2C)O1. The van der Waals surface area contributed by atoms with Crippen molar-refractivity contribution >= 4 is 23.4 Å². The summed E-state index contributed by atoms with van der Waals surface area (Å²) in [4.78, 5) is 39.0. The van der Waals surface area contributed by atoms with Crippen molar-refractivity contribution in [3.8, 4) is 5.75 Å². The van der Waals surface area contributed by atoms with Crippen molar-refractivity contribution < 1.29 is 32.6 Å². The van der Waals surface area contributed by atoms with Crippen molar-refractivity contribution in [3.05, 3.63) is 59.2 Å². The second-order valence-corrected chi connectivity index (χ2v) is 8.37. The molecular formula is C24H25F2N3O5. The number of likely N-dealkylation sites (N-methyl/N-ethyl adjacent to an activating group) is 1. The van der Waals surface area contributed by atoms with Gasteiger partial charge in [0.25, 0.3) is 11.8 Å². The van der Waals surface area contributed by atoms with Gasteiger partial charge in [-0.05, 0) is 43.2 Å². The predicted octanol–water partition coefficient (Wildman–Crippen LogP) is 2.73. The zero-order chi connectivity index (χ0) is 24.4. The fraction of sp³-hybridized carbons (Fsp3) is 0.375. The van der Waals surface area contributed by atoms with Crippen LogP contribution in [0, 0.1) is 11.6 Å². The summed E-state index contributed by atoms with van der Waals surface area (Å²) in [5.74, 6) is -2.55. The van der Waals surface area contributed by atoms with Crippen molar-refractivity contribution in [2.75, 3.05) is 26.0 Å². The van der Waals surface area contributed by atoms with E-state index in [0.717, 1.165) is 12.1 Å². The molecule has 1 fully saturated rings. The summed E-state index contributed by atoms with van der Waals surface area (Å²) in [5, 5.41) is 5.15. The molecule has 34 heavy (non-hydrogen) atoms. The first-order valence-electron chi connectivity index (χ1n) is 10.9. The van der Waals surface area contributed by atoms with Gasteiger partial charge in [-0.2, -0.15) is 0 Å². The van der Waals surface area contributed by atoms with Gasteiger partial charge in [0.1, 0.15) is 30.1 Å². The fourth-order valence-electron chi connectivity index (χ4n) is 4.30. The third-order valence-electron chi connectivity index (χ3n) is 6.09. The van der Waals surface area contributed by atoms with Gasteiger partial charge in [0.05, 0.1) is 24.1 Å². The monoisotopic (exact) mass is 473 g/mol. The molecule has 2 aromatic rings. The van der Waals surface area contributed by atoms with Gasteiger partial charge in [-0.3, -0.25) is 14.4 Å². The number of amides is 3. The summed E-state index contributed by atoms with van der Waals surface area (Å²) < 4.78 is 38.9. The highest BCUT2D eigenvalue weighted by atomic mass is 19.1. The standard InChI is InChI=1S/C24H25F2N3O5/c1-27-22(30)11-17-4-5-19-21(34-17)12-33-20-6-3-16(10-18(20)24(32)29(19)2)28-23(31)13-7-14(25)9-15(26)8-13/h3,6-10,17,19,21H,4-5,11-12H2,1-2H3,(H,27,30)(H,28,31)/t17-,19+,21+/m1/s1. The largest absolute Gasteiger partial charge is 0.490 e. The Hall–Kier alpha value is -3.53. The number of hydrogen-bond donors (Lipinski definition) is 2. The van der Waals surface area contributed by atoms with E-state index in [2.05, 4.69) is 10.6 Å². The van der Waals surface area contributed by atoms with Crippen LogP contribution in [0.15, 0.2) is 36.4 Å². The van der Waals surface area contributed by atoms with Gasteiger partial charge in [0.15, 0.2) is 0 Å². The van der Waals surface area contributed by atoms with Crippen LogP contribution in [0.3, 0.4) is 0 Å². The maximum Gasteiger partial charge on any atom is 0.257 e. The molecule has 4 rings (SSSR count). The minimum absolute atomic E-state index is 0.111. The molecule has 2 aliphatic rings. The number of rotatable bonds is 4. The lowest BCUT2D eigenvalue weighted by molar-refractivity contribution is -0.133. The molecule has 2 aliphatic heterocycles. The molecule has 10 heteroatoms. The lowest BCUT2D eigenvalue weighted by atomic mass is 9.94. The Bertz CT molecular complexity index is 1110. The molecule has 0 unspecified atom stereocenters. The van der Waals surface area contributed by atoms with Crippen LogP contribution >= 0.6 is 0 Å². The van der Waals surface area contributed by atoms with Crippen LogP contribution in [0.4, 0.5) is 14.5 Å². The van der Waals surface area contributed by atoms with Gasteiger partial charge in [-0.15, -0.1) is 0 Å². The molecule has 180 valence electrons. The van der Waals surface area contributed by atoms with Crippen molar-refractivity contribution in [2.24, 2.45) is 0 Å². The Kier molecular flexibility index (Phi) is 6.78. The molecule has 0 aromatic heterocycles. The molecule has 2 heterocycles. The molecule has 0 bridgehead atoms. The number of hydrogen-bond acceptors (Lipinski definition) is 5. The highest BCUT2D eigenvalue weighted by Crippen LogP contribution is 2.32. The second-order valence-electron chi connectivity index (χ2n) is 8.37. The van der Waals surface area contributed by atoms with E-state index >= 15 is 0 Å². The number of carbonyl (C=O) groups excluding carboxylic acids is 3. The molecule has 0 aliphatic carbocycles. The van der Waals surface area contributed by atoms with Crippen LogP contribution < -0.4 is 15.4 Å². The molecule has 3 atom stereocenters. The van der Waals surface area contributed by atoms with E-state index in [9.17, 15) is 23.2 Å². The predicted molar refractivity (Wildman–Crippen MR) is 119 cm³/mol. The number of nitrogens with one attached hydrogen (secondary N) is 2. The quantitative estimate of drug-likeness (QED) is 0.712. The molecule has 0 spiro atoms. The lowest BCUT2D eigenvalue weighted by Crippen LogP contribution is -2.53. The van der Waals surface area contributed by atoms with Crippen LogP contribution in [0.25, 0.3) is 0 Å². The van der Waals surface area contributed by atoms with Crippen LogP contribution in [-0.2, 0) is 9.53 Å². The van der Waals surface area contributed by atoms with Gasteiger partial charge >= 0.3 is 0 Å². The normalized spacial score (nSPS) is 21.9. The molecule has 3 amide bonds. The Labute approximate surface area is 195 Å². The maximum atomic E-state index is 13.5. The third kappa shape index (κ3) is 5.01. The van der Waals surface area contributed by atoms with Gasteiger partial charge in [-0.25, -0.2) is 8.78 Å². The van der Waals surface area contributed by atoms with Gasteiger partial charge < -0.3 is 25.0 Å². The number of ether oxygens (including phenoxy) is 2. The minimum Gasteiger partial charge on any atom is -0.490 e. The van der Waals surface area contributed by atoms with Crippen molar-refractivity contribution in [3.63, 3.8) is 0 Å². The number of carbonyl (C=O) groups is 3. The summed E-state index contributed by atoms with van der Waals surface area (Å²) in [6, 6.07) is 6.85. The maximum absolute atomic E-state index is 13.5. The molecule has 8 nitrogen and oxygen atoms in total. The molecule has 0 saturated carbocycles. The number of nitrogens with zero attached hydrogens (tertiary/aromatic N) is 1. The Balaban J connectivity index is 1.52. The second kappa shape index (κ2) is 9.76. The summed E-state index contributed by atoms with van der Waals surface area (Å²) >= 11 is 0. The van der Waals surface area contributed by atoms with E-state index in [4.69, 9.17) is 9.47 Å². The van der Waals surface area contributed by atoms with E-state index < -0.39 is 23.6 Å². The summed E-state index contributed by atoms with van der Waals surface area (Å²) in [6.45, 7) is 0.188.